The van der Waals surface area contributed by atoms with Crippen LogP contribution in [0.2, 0.25) is 0 Å². The lowest BCUT2D eigenvalue weighted by Gasteiger charge is -2.24. The maximum absolute atomic E-state index is 6.98. The highest BCUT2D eigenvalue weighted by atomic mass is 16.5. The number of methoxy groups -OCH3 is 2. The zero-order valence-corrected chi connectivity index (χ0v) is 30.3. The molecule has 7 nitrogen and oxygen atoms in total. The average Bonchev–Trinajstić information content (AvgIpc) is 3.25. The predicted octanol–water partition coefficient (Wildman–Crippen LogP) is 6.77. The Bertz CT molecular complexity index is 2160. The van der Waals surface area contributed by atoms with Gasteiger partial charge in [0.15, 0.2) is 0 Å². The zero-order chi connectivity index (χ0) is 37.0. The highest BCUT2D eigenvalue weighted by molar-refractivity contribution is 6.80. The highest BCUT2D eigenvalue weighted by Crippen LogP contribution is 2.28. The molecule has 0 N–H and O–H groups in total. The molecule has 0 spiro atoms. The zero-order valence-electron chi connectivity index (χ0n) is 30.3. The summed E-state index contributed by atoms with van der Waals surface area (Å²) in [5.41, 5.74) is 7.84. The van der Waals surface area contributed by atoms with Crippen molar-refractivity contribution in [1.82, 2.24) is 9.97 Å². The molecule has 0 aliphatic heterocycles. The van der Waals surface area contributed by atoms with Gasteiger partial charge in [0.25, 0.3) is 0 Å². The third kappa shape index (κ3) is 9.25. The fraction of sp³-hybridized carbons (Fsp3) is 0.111. The fourth-order valence-electron chi connectivity index (χ4n) is 6.22. The van der Waals surface area contributed by atoms with Gasteiger partial charge in [0.1, 0.15) is 36.1 Å². The summed E-state index contributed by atoms with van der Waals surface area (Å²) in [5, 5.41) is 0. The molecule has 0 fully saturated rings. The van der Waals surface area contributed by atoms with Gasteiger partial charge in [-0.25, -0.2) is 0 Å². The first-order valence-electron chi connectivity index (χ1n) is 17.9. The number of aromatic nitrogens is 2. The van der Waals surface area contributed by atoms with Gasteiger partial charge in [-0.2, -0.15) is 0 Å². The van der Waals surface area contributed by atoms with Crippen molar-refractivity contribution in [2.75, 3.05) is 14.2 Å². The first-order valence-corrected chi connectivity index (χ1v) is 17.9. The van der Waals surface area contributed by atoms with Crippen molar-refractivity contribution in [2.45, 2.75) is 18.8 Å². The van der Waals surface area contributed by atoms with Gasteiger partial charge in [-0.3, -0.25) is 9.97 Å². The smallest absolute Gasteiger partial charge is 0.362 e. The molecule has 9 heteroatoms. The molecule has 0 amide bonds. The quantitative estimate of drug-likeness (QED) is 0.103. The van der Waals surface area contributed by atoms with E-state index in [-0.39, 0.29) is 13.0 Å². The normalized spacial score (nSPS) is 12.0. The molecule has 0 radical (unpaired) electrons. The molecule has 7 aromatic rings. The number of rotatable bonds is 16. The Morgan fingerprint density at radius 3 is 1.59 bits per heavy atom. The van der Waals surface area contributed by atoms with E-state index in [9.17, 15) is 0 Å². The van der Waals surface area contributed by atoms with E-state index in [2.05, 4.69) is 58.5 Å². The molecule has 0 aliphatic carbocycles. The average molecular weight is 710 g/mol. The molecule has 2 atom stereocenters. The first kappa shape index (κ1) is 36.2. The van der Waals surface area contributed by atoms with Gasteiger partial charge in [-0.1, -0.05) is 109 Å². The van der Waals surface area contributed by atoms with Crippen molar-refractivity contribution in [3.05, 3.63) is 204 Å². The van der Waals surface area contributed by atoms with Crippen LogP contribution >= 0.6 is 0 Å². The molecule has 0 bridgehead atoms. The molecule has 2 heterocycles. The minimum Gasteiger partial charge on any atom is -0.497 e. The Morgan fingerprint density at radius 1 is 0.519 bits per heavy atom. The Balaban J connectivity index is 1.02. The number of pyridine rings is 2. The number of benzene rings is 5. The maximum atomic E-state index is 6.98. The van der Waals surface area contributed by atoms with E-state index in [1.165, 1.54) is 0 Å². The Morgan fingerprint density at radius 2 is 1.04 bits per heavy atom. The van der Waals surface area contributed by atoms with Crippen molar-refractivity contribution in [3.63, 3.8) is 0 Å². The lowest BCUT2D eigenvalue weighted by atomic mass is 9.55. The molecule has 2 unspecified atom stereocenters. The minimum atomic E-state index is -0.407. The molecule has 54 heavy (non-hydrogen) atoms. The fourth-order valence-corrected chi connectivity index (χ4v) is 6.22. The predicted molar refractivity (Wildman–Crippen MR) is 216 cm³/mol. The summed E-state index contributed by atoms with van der Waals surface area (Å²) >= 11 is 0. The number of nitrogens with zero attached hydrogens (tertiary/aromatic N) is 2. The van der Waals surface area contributed by atoms with Crippen molar-refractivity contribution in [2.24, 2.45) is 0 Å². The molecular weight excluding hydrogens is 670 g/mol. The lowest BCUT2D eigenvalue weighted by Crippen LogP contribution is -2.46. The van der Waals surface area contributed by atoms with Crippen LogP contribution in [0.4, 0.5) is 0 Å². The van der Waals surface area contributed by atoms with Crippen LogP contribution in [-0.4, -0.2) is 38.6 Å². The van der Waals surface area contributed by atoms with Gasteiger partial charge in [-0.15, -0.1) is 0 Å². The molecule has 0 saturated carbocycles. The standard InChI is InChI=1S/C45H40B2N2O5/c1-50-39-24-16-34(17-25-39)44(42-12-6-8-30-48-42)53-46-36-20-14-33(15-21-36)32-52-41-28-22-38(23-29-41)47(37-10-4-3-5-11-37)54-45(43-13-7-9-31-49-43)35-18-26-40(51-2)27-19-35/h3-31,44-46H,32H2,1-2H3. The Kier molecular flexibility index (Phi) is 12.1. The van der Waals surface area contributed by atoms with E-state index in [1.54, 1.807) is 26.6 Å². The van der Waals surface area contributed by atoms with Crippen LogP contribution < -0.4 is 30.6 Å². The van der Waals surface area contributed by atoms with Crippen LogP contribution in [0.5, 0.6) is 17.2 Å². The molecule has 266 valence electrons. The van der Waals surface area contributed by atoms with Gasteiger partial charge < -0.3 is 23.5 Å². The van der Waals surface area contributed by atoms with E-state index >= 15 is 0 Å². The highest BCUT2D eigenvalue weighted by Gasteiger charge is 2.28. The Hall–Kier alpha value is -6.15. The topological polar surface area (TPSA) is 71.9 Å². The van der Waals surface area contributed by atoms with Crippen LogP contribution in [0.25, 0.3) is 0 Å². The van der Waals surface area contributed by atoms with Crippen LogP contribution in [0.15, 0.2) is 176 Å². The second kappa shape index (κ2) is 18.1. The first-order chi connectivity index (χ1) is 26.7. The van der Waals surface area contributed by atoms with Crippen molar-refractivity contribution < 1.29 is 23.5 Å². The third-order valence-electron chi connectivity index (χ3n) is 9.15. The van der Waals surface area contributed by atoms with Gasteiger partial charge >= 0.3 is 14.4 Å². The molecule has 0 saturated heterocycles. The van der Waals surface area contributed by atoms with Crippen LogP contribution in [0, 0.1) is 0 Å². The van der Waals surface area contributed by atoms with Crippen molar-refractivity contribution in [3.8, 4) is 17.2 Å². The second-order valence-corrected chi connectivity index (χ2v) is 12.7. The molecule has 7 rings (SSSR count). The van der Waals surface area contributed by atoms with E-state index in [4.69, 9.17) is 23.5 Å². The molecule has 5 aromatic carbocycles. The molecule has 0 aliphatic rings. The number of hydrogen-bond acceptors (Lipinski definition) is 7. The van der Waals surface area contributed by atoms with E-state index < -0.39 is 6.10 Å². The molecule has 2 aromatic heterocycles. The van der Waals surface area contributed by atoms with Gasteiger partial charge in [-0.05, 0) is 88.3 Å². The number of ether oxygens (including phenoxy) is 3. The number of hydrogen-bond donors (Lipinski definition) is 0. The SMILES string of the molecule is COc1ccc(C(OBc2ccc(COc3ccc(B(OC(c4ccc(OC)cc4)c4ccccn4)c4ccccc4)cc3)cc2)c2ccccn2)cc1. The molecular formula is C45H40B2N2O5. The van der Waals surface area contributed by atoms with Gasteiger partial charge in [0.2, 0.25) is 0 Å². The van der Waals surface area contributed by atoms with E-state index in [0.29, 0.717) is 14.1 Å². The summed E-state index contributed by atoms with van der Waals surface area (Å²) in [4.78, 5) is 9.23. The minimum absolute atomic E-state index is 0.307. The van der Waals surface area contributed by atoms with Gasteiger partial charge in [0.05, 0.1) is 25.6 Å². The third-order valence-corrected chi connectivity index (χ3v) is 9.15. The lowest BCUT2D eigenvalue weighted by molar-refractivity contribution is 0.253. The van der Waals surface area contributed by atoms with Crippen LogP contribution in [0.1, 0.15) is 40.3 Å². The maximum Gasteiger partial charge on any atom is 0.362 e. The largest absolute Gasteiger partial charge is 0.497 e. The monoisotopic (exact) mass is 710 g/mol. The summed E-state index contributed by atoms with van der Waals surface area (Å²) in [6.07, 6.45) is 2.87. The van der Waals surface area contributed by atoms with E-state index in [0.717, 1.165) is 61.7 Å². The van der Waals surface area contributed by atoms with Crippen LogP contribution in [0.3, 0.4) is 0 Å². The van der Waals surface area contributed by atoms with Crippen molar-refractivity contribution >= 4 is 30.8 Å². The summed E-state index contributed by atoms with van der Waals surface area (Å²) < 4.78 is 30.4. The van der Waals surface area contributed by atoms with Gasteiger partial charge in [0, 0.05) is 12.4 Å². The summed E-state index contributed by atoms with van der Waals surface area (Å²) in [5.74, 6) is 2.36. The Labute approximate surface area is 317 Å². The van der Waals surface area contributed by atoms with Crippen molar-refractivity contribution in [1.29, 1.82) is 0 Å². The summed E-state index contributed by atoms with van der Waals surface area (Å²) in [6, 6.07) is 54.3. The summed E-state index contributed by atoms with van der Waals surface area (Å²) in [7, 11) is 3.76. The van der Waals surface area contributed by atoms with E-state index in [1.807, 2.05) is 115 Å². The van der Waals surface area contributed by atoms with Crippen LogP contribution in [-0.2, 0) is 15.9 Å². The summed E-state index contributed by atoms with van der Waals surface area (Å²) in [6.45, 7) is 0.0758. The second-order valence-electron chi connectivity index (χ2n) is 12.7.